The van der Waals surface area contributed by atoms with Gasteiger partial charge in [0.25, 0.3) is 5.91 Å². The molecule has 0 bridgehead atoms. The first-order chi connectivity index (χ1) is 12.0. The van der Waals surface area contributed by atoms with E-state index in [0.29, 0.717) is 18.3 Å². The van der Waals surface area contributed by atoms with Crippen LogP contribution in [0.2, 0.25) is 0 Å². The number of fused-ring (bicyclic) bond motifs is 1. The van der Waals surface area contributed by atoms with Gasteiger partial charge in [-0.1, -0.05) is 26.0 Å². The van der Waals surface area contributed by atoms with Crippen LogP contribution in [0.4, 0.5) is 0 Å². The summed E-state index contributed by atoms with van der Waals surface area (Å²) in [6, 6.07) is 7.73. The monoisotopic (exact) mass is 342 g/mol. The Bertz CT molecular complexity index is 773. The number of benzene rings is 1. The van der Waals surface area contributed by atoms with Crippen LogP contribution in [0, 0.1) is 11.8 Å². The number of carbonyl (C=O) groups is 2. The molecule has 0 atom stereocenters. The Morgan fingerprint density at radius 1 is 1.24 bits per heavy atom. The average molecular weight is 342 g/mol. The molecule has 1 saturated heterocycles. The van der Waals surface area contributed by atoms with Crippen LogP contribution in [-0.2, 0) is 11.8 Å². The van der Waals surface area contributed by atoms with Crippen molar-refractivity contribution in [3.63, 3.8) is 0 Å². The largest absolute Gasteiger partial charge is 0.349 e. The van der Waals surface area contributed by atoms with Crippen LogP contribution in [0.5, 0.6) is 0 Å². The lowest BCUT2D eigenvalue weighted by Crippen LogP contribution is -2.43. The third-order valence-corrected chi connectivity index (χ3v) is 4.96. The number of nitrogens with zero attached hydrogens (tertiary/aromatic N) is 3. The van der Waals surface area contributed by atoms with Crippen LogP contribution >= 0.6 is 0 Å². The predicted molar refractivity (Wildman–Crippen MR) is 97.2 cm³/mol. The van der Waals surface area contributed by atoms with Gasteiger partial charge in [-0.25, -0.2) is 4.98 Å². The first-order valence-electron chi connectivity index (χ1n) is 8.95. The Kier molecular flexibility index (Phi) is 5.06. The number of likely N-dealkylation sites (tertiary alicyclic amines) is 1. The number of amides is 2. The average Bonchev–Trinajstić information content (AvgIpc) is 2.96. The first kappa shape index (κ1) is 17.5. The highest BCUT2D eigenvalue weighted by atomic mass is 16.2. The third kappa shape index (κ3) is 3.67. The molecule has 2 heterocycles. The summed E-state index contributed by atoms with van der Waals surface area (Å²) in [4.78, 5) is 30.9. The van der Waals surface area contributed by atoms with Gasteiger partial charge < -0.3 is 14.8 Å². The summed E-state index contributed by atoms with van der Waals surface area (Å²) >= 11 is 0. The molecule has 0 aliphatic carbocycles. The minimum absolute atomic E-state index is 0.0498. The van der Waals surface area contributed by atoms with Gasteiger partial charge in [0.2, 0.25) is 5.91 Å². The molecule has 1 fully saturated rings. The van der Waals surface area contributed by atoms with E-state index < -0.39 is 0 Å². The van der Waals surface area contributed by atoms with Crippen molar-refractivity contribution in [3.8, 4) is 0 Å². The zero-order chi connectivity index (χ0) is 18.0. The fourth-order valence-corrected chi connectivity index (χ4v) is 3.39. The Hall–Kier alpha value is -2.37. The molecule has 1 aliphatic heterocycles. The highest BCUT2D eigenvalue weighted by Crippen LogP contribution is 2.19. The standard InChI is InChI=1S/C19H26N4O2/c1-13(2)19(25)23-10-8-14(9-11-23)12-20-18(24)17-21-15-6-4-5-7-16(15)22(17)3/h4-7,13-14H,8-12H2,1-3H3,(H,20,24). The van der Waals surface area contributed by atoms with Gasteiger partial charge in [0.1, 0.15) is 0 Å². The van der Waals surface area contributed by atoms with Gasteiger partial charge in [-0.05, 0) is 30.9 Å². The number of para-hydroxylation sites is 2. The summed E-state index contributed by atoms with van der Waals surface area (Å²) in [5, 5.41) is 3.01. The minimum atomic E-state index is -0.139. The van der Waals surface area contributed by atoms with E-state index in [4.69, 9.17) is 0 Å². The fourth-order valence-electron chi connectivity index (χ4n) is 3.39. The van der Waals surface area contributed by atoms with E-state index in [1.165, 1.54) is 0 Å². The van der Waals surface area contributed by atoms with Crippen LogP contribution in [0.1, 0.15) is 37.3 Å². The van der Waals surface area contributed by atoms with Crippen LogP contribution in [0.15, 0.2) is 24.3 Å². The Morgan fingerprint density at radius 3 is 2.56 bits per heavy atom. The van der Waals surface area contributed by atoms with E-state index in [-0.39, 0.29) is 17.7 Å². The molecule has 0 saturated carbocycles. The summed E-state index contributed by atoms with van der Waals surface area (Å²) in [6.45, 7) is 6.07. The Labute approximate surface area is 148 Å². The van der Waals surface area contributed by atoms with E-state index in [2.05, 4.69) is 10.3 Å². The number of hydrogen-bond acceptors (Lipinski definition) is 3. The normalized spacial score (nSPS) is 15.8. The highest BCUT2D eigenvalue weighted by Gasteiger charge is 2.25. The molecule has 1 N–H and O–H groups in total. The van der Waals surface area contributed by atoms with Crippen molar-refractivity contribution in [3.05, 3.63) is 30.1 Å². The molecule has 0 radical (unpaired) electrons. The number of aromatic nitrogens is 2. The Balaban J connectivity index is 1.54. The molecular formula is C19H26N4O2. The molecule has 2 amide bonds. The second kappa shape index (κ2) is 7.25. The molecule has 6 nitrogen and oxygen atoms in total. The van der Waals surface area contributed by atoms with Crippen LogP contribution in [0.3, 0.4) is 0 Å². The lowest BCUT2D eigenvalue weighted by atomic mass is 9.96. The van der Waals surface area contributed by atoms with Crippen LogP contribution in [-0.4, -0.2) is 45.9 Å². The van der Waals surface area contributed by atoms with Crippen LogP contribution < -0.4 is 5.32 Å². The Morgan fingerprint density at radius 2 is 1.92 bits per heavy atom. The van der Waals surface area contributed by atoms with Gasteiger partial charge in [-0.2, -0.15) is 0 Å². The van der Waals surface area contributed by atoms with Crippen molar-refractivity contribution in [2.75, 3.05) is 19.6 Å². The maximum atomic E-state index is 12.5. The second-order valence-corrected chi connectivity index (χ2v) is 7.12. The van der Waals surface area contributed by atoms with E-state index in [9.17, 15) is 9.59 Å². The molecule has 25 heavy (non-hydrogen) atoms. The van der Waals surface area contributed by atoms with E-state index in [1.807, 2.05) is 54.6 Å². The zero-order valence-electron chi connectivity index (χ0n) is 15.2. The number of nitrogens with one attached hydrogen (secondary N) is 1. The van der Waals surface area contributed by atoms with E-state index in [0.717, 1.165) is 37.0 Å². The van der Waals surface area contributed by atoms with E-state index in [1.54, 1.807) is 0 Å². The molecule has 0 unspecified atom stereocenters. The van der Waals surface area contributed by atoms with Crippen molar-refractivity contribution in [1.82, 2.24) is 19.8 Å². The molecule has 1 aromatic carbocycles. The topological polar surface area (TPSA) is 67.2 Å². The predicted octanol–water partition coefficient (Wildman–Crippen LogP) is 2.20. The summed E-state index contributed by atoms with van der Waals surface area (Å²) in [5.74, 6) is 0.985. The van der Waals surface area contributed by atoms with Crippen molar-refractivity contribution in [1.29, 1.82) is 0 Å². The van der Waals surface area contributed by atoms with Crippen molar-refractivity contribution < 1.29 is 9.59 Å². The van der Waals surface area contributed by atoms with Gasteiger partial charge in [0.15, 0.2) is 5.82 Å². The number of rotatable bonds is 4. The molecular weight excluding hydrogens is 316 g/mol. The number of aryl methyl sites for hydroxylation is 1. The van der Waals surface area contributed by atoms with Gasteiger partial charge in [0.05, 0.1) is 11.0 Å². The van der Waals surface area contributed by atoms with Gasteiger partial charge >= 0.3 is 0 Å². The molecule has 6 heteroatoms. The molecule has 134 valence electrons. The zero-order valence-corrected chi connectivity index (χ0v) is 15.2. The summed E-state index contributed by atoms with van der Waals surface area (Å²) in [6.07, 6.45) is 1.86. The lowest BCUT2D eigenvalue weighted by Gasteiger charge is -2.33. The van der Waals surface area contributed by atoms with Gasteiger partial charge in [-0.3, -0.25) is 9.59 Å². The van der Waals surface area contributed by atoms with Crippen molar-refractivity contribution in [2.45, 2.75) is 26.7 Å². The maximum absolute atomic E-state index is 12.5. The highest BCUT2D eigenvalue weighted by molar-refractivity contribution is 5.94. The second-order valence-electron chi connectivity index (χ2n) is 7.12. The van der Waals surface area contributed by atoms with Crippen molar-refractivity contribution >= 4 is 22.8 Å². The smallest absolute Gasteiger partial charge is 0.287 e. The quantitative estimate of drug-likeness (QED) is 0.926. The van der Waals surface area contributed by atoms with Crippen LogP contribution in [0.25, 0.3) is 11.0 Å². The SMILES string of the molecule is CC(C)C(=O)N1CCC(CNC(=O)c2nc3ccccc3n2C)CC1. The molecule has 1 aliphatic rings. The third-order valence-electron chi connectivity index (χ3n) is 4.96. The number of piperidine rings is 1. The summed E-state index contributed by atoms with van der Waals surface area (Å²) in [5.41, 5.74) is 1.78. The lowest BCUT2D eigenvalue weighted by molar-refractivity contribution is -0.135. The van der Waals surface area contributed by atoms with Gasteiger partial charge in [-0.15, -0.1) is 0 Å². The molecule has 1 aromatic heterocycles. The fraction of sp³-hybridized carbons (Fsp3) is 0.526. The molecule has 2 aromatic rings. The number of carbonyl (C=O) groups excluding carboxylic acids is 2. The minimum Gasteiger partial charge on any atom is -0.349 e. The number of hydrogen-bond donors (Lipinski definition) is 1. The summed E-state index contributed by atoms with van der Waals surface area (Å²) in [7, 11) is 1.86. The number of imidazole rings is 1. The maximum Gasteiger partial charge on any atom is 0.287 e. The van der Waals surface area contributed by atoms with Gasteiger partial charge in [0, 0.05) is 32.6 Å². The molecule has 3 rings (SSSR count). The van der Waals surface area contributed by atoms with Crippen molar-refractivity contribution in [2.24, 2.45) is 18.9 Å². The molecule has 0 spiro atoms. The summed E-state index contributed by atoms with van der Waals surface area (Å²) < 4.78 is 1.83. The van der Waals surface area contributed by atoms with E-state index >= 15 is 0 Å². The first-order valence-corrected chi connectivity index (χ1v) is 8.95.